The number of rotatable bonds is 6. The van der Waals surface area contributed by atoms with Crippen molar-refractivity contribution in [2.24, 2.45) is 0 Å². The van der Waals surface area contributed by atoms with Crippen molar-refractivity contribution in [1.29, 1.82) is 0 Å². The molecule has 3 heterocycles. The Balaban J connectivity index is 1.13. The number of benzene rings is 3. The molecule has 1 aliphatic heterocycles. The van der Waals surface area contributed by atoms with Gasteiger partial charge in [0.1, 0.15) is 4.90 Å². The molecule has 5 aromatic rings. The number of nitrogens with zero attached hydrogens (tertiary/aromatic N) is 5. The van der Waals surface area contributed by atoms with Gasteiger partial charge in [-0.25, -0.2) is 8.42 Å². The molecule has 6 rings (SSSR count). The quantitative estimate of drug-likeness (QED) is 0.318. The number of fused-ring (bicyclic) bond motifs is 1. The van der Waals surface area contributed by atoms with Crippen LogP contribution in [-0.2, 0) is 10.0 Å². The van der Waals surface area contributed by atoms with Crippen LogP contribution in [0.1, 0.15) is 20.8 Å². The highest BCUT2D eigenvalue weighted by molar-refractivity contribution is 7.93. The van der Waals surface area contributed by atoms with Crippen LogP contribution in [0.2, 0.25) is 0 Å². The van der Waals surface area contributed by atoms with Crippen molar-refractivity contribution < 1.29 is 18.0 Å². The Hall–Kier alpha value is -4.68. The average molecular weight is 585 g/mol. The number of anilines is 1. The fourth-order valence-electron chi connectivity index (χ4n) is 4.74. The molecule has 2 aromatic heterocycles. The van der Waals surface area contributed by atoms with Crippen LogP contribution < -0.4 is 4.72 Å². The molecule has 3 aromatic carbocycles. The average Bonchev–Trinajstić information content (AvgIpc) is 3.56. The molecule has 1 N–H and O–H groups in total. The number of hydrogen-bond donors (Lipinski definition) is 1. The predicted octanol–water partition coefficient (Wildman–Crippen LogP) is 4.15. The third-order valence-corrected chi connectivity index (χ3v) is 8.81. The number of aromatic nitrogens is 3. The smallest absolute Gasteiger partial charge is 0.275 e. The zero-order valence-corrected chi connectivity index (χ0v) is 23.3. The van der Waals surface area contributed by atoms with Crippen molar-refractivity contribution in [3.05, 3.63) is 102 Å². The van der Waals surface area contributed by atoms with E-state index in [1.54, 1.807) is 51.7 Å². The van der Waals surface area contributed by atoms with E-state index < -0.39 is 10.0 Å². The lowest BCUT2D eigenvalue weighted by atomic mass is 10.1. The van der Waals surface area contributed by atoms with E-state index in [0.29, 0.717) is 54.0 Å². The molecule has 12 heteroatoms. The molecule has 0 aliphatic carbocycles. The summed E-state index contributed by atoms with van der Waals surface area (Å²) in [5, 5.41) is 6.13. The van der Waals surface area contributed by atoms with Crippen LogP contribution >= 0.6 is 11.5 Å². The largest absolute Gasteiger partial charge is 0.335 e. The van der Waals surface area contributed by atoms with Gasteiger partial charge in [-0.1, -0.05) is 47.0 Å². The standard InChI is InChI=1S/C29H24N6O4S2/c36-28(34-13-15-35(16-14-34)29(37)25-19-40-33-31-25)21-9-11-24(12-10-21)32-41(38,39)26-8-4-7-22-17-23(18-30-27(22)26)20-5-2-1-3-6-20/h1-12,17-19,32H,13-16H2. The van der Waals surface area contributed by atoms with Gasteiger partial charge in [0.25, 0.3) is 21.8 Å². The Morgan fingerprint density at radius 2 is 1.51 bits per heavy atom. The normalized spacial score (nSPS) is 13.8. The van der Waals surface area contributed by atoms with Gasteiger partial charge in [0, 0.05) is 60.0 Å². The monoisotopic (exact) mass is 584 g/mol. The number of pyridine rings is 1. The summed E-state index contributed by atoms with van der Waals surface area (Å²) < 4.78 is 33.0. The van der Waals surface area contributed by atoms with E-state index >= 15 is 0 Å². The second-order valence-corrected chi connectivity index (χ2v) is 11.7. The summed E-state index contributed by atoms with van der Waals surface area (Å²) in [6.07, 6.45) is 1.67. The fourth-order valence-corrected chi connectivity index (χ4v) is 6.41. The maximum atomic E-state index is 13.3. The maximum Gasteiger partial charge on any atom is 0.275 e. The summed E-state index contributed by atoms with van der Waals surface area (Å²) in [4.78, 5) is 33.4. The number of amides is 2. The van der Waals surface area contributed by atoms with Crippen molar-refractivity contribution in [2.75, 3.05) is 30.9 Å². The van der Waals surface area contributed by atoms with Crippen LogP contribution in [0.15, 0.2) is 95.3 Å². The number of para-hydroxylation sites is 1. The lowest BCUT2D eigenvalue weighted by Crippen LogP contribution is -2.50. The van der Waals surface area contributed by atoms with Crippen LogP contribution in [-0.4, -0.2) is 70.8 Å². The minimum Gasteiger partial charge on any atom is -0.335 e. The van der Waals surface area contributed by atoms with Crippen LogP contribution in [0.25, 0.3) is 22.0 Å². The first-order valence-electron chi connectivity index (χ1n) is 12.8. The minimum absolute atomic E-state index is 0.0654. The van der Waals surface area contributed by atoms with Gasteiger partial charge in [-0.3, -0.25) is 19.3 Å². The van der Waals surface area contributed by atoms with Crippen molar-refractivity contribution in [3.63, 3.8) is 0 Å². The van der Waals surface area contributed by atoms with E-state index in [2.05, 4.69) is 19.3 Å². The molecule has 0 unspecified atom stereocenters. The molecule has 0 atom stereocenters. The lowest BCUT2D eigenvalue weighted by Gasteiger charge is -2.34. The Bertz CT molecular complexity index is 1820. The highest BCUT2D eigenvalue weighted by Gasteiger charge is 2.27. The zero-order valence-electron chi connectivity index (χ0n) is 21.7. The first kappa shape index (κ1) is 26.5. The number of piperazine rings is 1. The van der Waals surface area contributed by atoms with Gasteiger partial charge in [-0.15, -0.1) is 5.10 Å². The molecule has 2 amide bonds. The topological polar surface area (TPSA) is 125 Å². The predicted molar refractivity (Wildman–Crippen MR) is 156 cm³/mol. The molecule has 0 bridgehead atoms. The summed E-state index contributed by atoms with van der Waals surface area (Å²) in [7, 11) is -3.96. The molecule has 206 valence electrons. The highest BCUT2D eigenvalue weighted by atomic mass is 32.2. The summed E-state index contributed by atoms with van der Waals surface area (Å²) in [5.74, 6) is -0.380. The molecular weight excluding hydrogens is 560 g/mol. The SMILES string of the molecule is O=C(c1ccc(NS(=O)(=O)c2cccc3cc(-c4ccccc4)cnc23)cc1)N1CCN(C(=O)c2csnn2)CC1. The van der Waals surface area contributed by atoms with Crippen molar-refractivity contribution in [3.8, 4) is 11.1 Å². The molecule has 0 spiro atoms. The van der Waals surface area contributed by atoms with Crippen LogP contribution in [0, 0.1) is 0 Å². The molecule has 1 saturated heterocycles. The molecule has 1 fully saturated rings. The van der Waals surface area contributed by atoms with E-state index in [1.165, 1.54) is 6.07 Å². The number of carbonyl (C=O) groups is 2. The number of nitrogens with one attached hydrogen (secondary N) is 1. The van der Waals surface area contributed by atoms with Crippen molar-refractivity contribution in [1.82, 2.24) is 24.4 Å². The van der Waals surface area contributed by atoms with Gasteiger partial charge in [0.2, 0.25) is 0 Å². The zero-order chi connectivity index (χ0) is 28.4. The summed E-state index contributed by atoms with van der Waals surface area (Å²) in [6.45, 7) is 1.56. The highest BCUT2D eigenvalue weighted by Crippen LogP contribution is 2.28. The summed E-state index contributed by atoms with van der Waals surface area (Å²) in [6, 6.07) is 23.0. The first-order chi connectivity index (χ1) is 19.9. The summed E-state index contributed by atoms with van der Waals surface area (Å²) >= 11 is 1.12. The van der Waals surface area contributed by atoms with E-state index in [9.17, 15) is 18.0 Å². The molecule has 1 aliphatic rings. The second kappa shape index (κ2) is 11.1. The molecule has 10 nitrogen and oxygen atoms in total. The Labute approximate surface area is 240 Å². The molecule has 41 heavy (non-hydrogen) atoms. The summed E-state index contributed by atoms with van der Waals surface area (Å²) in [5.41, 5.74) is 3.32. The van der Waals surface area contributed by atoms with Crippen molar-refractivity contribution in [2.45, 2.75) is 4.90 Å². The van der Waals surface area contributed by atoms with E-state index in [0.717, 1.165) is 22.7 Å². The lowest BCUT2D eigenvalue weighted by molar-refractivity contribution is 0.0532. The fraction of sp³-hybridized carbons (Fsp3) is 0.138. The van der Waals surface area contributed by atoms with Gasteiger partial charge in [-0.2, -0.15) is 0 Å². The maximum absolute atomic E-state index is 13.3. The third-order valence-electron chi connectivity index (χ3n) is 6.89. The van der Waals surface area contributed by atoms with E-state index in [1.807, 2.05) is 42.5 Å². The Kier molecular flexibility index (Phi) is 7.16. The van der Waals surface area contributed by atoms with Crippen molar-refractivity contribution >= 4 is 50.0 Å². The Morgan fingerprint density at radius 3 is 2.20 bits per heavy atom. The number of sulfonamides is 1. The molecular formula is C29H24N6O4S2. The number of hydrogen-bond acceptors (Lipinski definition) is 8. The molecule has 0 radical (unpaired) electrons. The van der Waals surface area contributed by atoms with Crippen LogP contribution in [0.3, 0.4) is 0 Å². The van der Waals surface area contributed by atoms with Gasteiger partial charge in [0.05, 0.1) is 5.52 Å². The Morgan fingerprint density at radius 1 is 0.805 bits per heavy atom. The van der Waals surface area contributed by atoms with Gasteiger partial charge >= 0.3 is 0 Å². The molecule has 0 saturated carbocycles. The van der Waals surface area contributed by atoms with Gasteiger partial charge < -0.3 is 9.80 Å². The number of carbonyl (C=O) groups excluding carboxylic acids is 2. The third kappa shape index (κ3) is 5.52. The van der Waals surface area contributed by atoms with E-state index in [4.69, 9.17) is 0 Å². The first-order valence-corrected chi connectivity index (χ1v) is 15.1. The minimum atomic E-state index is -3.96. The second-order valence-electron chi connectivity index (χ2n) is 9.48. The van der Waals surface area contributed by atoms with Gasteiger partial charge in [-0.05, 0) is 53.5 Å². The van der Waals surface area contributed by atoms with Crippen LogP contribution in [0.5, 0.6) is 0 Å². The van der Waals surface area contributed by atoms with Gasteiger partial charge in [0.15, 0.2) is 5.69 Å². The van der Waals surface area contributed by atoms with Crippen LogP contribution in [0.4, 0.5) is 5.69 Å². The van der Waals surface area contributed by atoms with E-state index in [-0.39, 0.29) is 16.7 Å².